The second-order valence-electron chi connectivity index (χ2n) is 6.06. The van der Waals surface area contributed by atoms with Crippen molar-refractivity contribution in [2.24, 2.45) is 0 Å². The number of hydrogen-bond donors (Lipinski definition) is 2. The van der Waals surface area contributed by atoms with Crippen LogP contribution in [0.2, 0.25) is 0 Å². The summed E-state index contributed by atoms with van der Waals surface area (Å²) in [6.45, 7) is 3.19. The highest BCUT2D eigenvalue weighted by atomic mass is 16.5. The number of rotatable bonds is 10. The van der Waals surface area contributed by atoms with E-state index in [1.165, 1.54) is 0 Å². The highest BCUT2D eigenvalue weighted by Gasteiger charge is 2.16. The van der Waals surface area contributed by atoms with Crippen LogP contribution in [0.3, 0.4) is 0 Å². The molecule has 0 atom stereocenters. The van der Waals surface area contributed by atoms with Crippen molar-refractivity contribution >= 4 is 5.91 Å². The van der Waals surface area contributed by atoms with Crippen LogP contribution in [0.4, 0.5) is 0 Å². The van der Waals surface area contributed by atoms with Crippen LogP contribution in [0.5, 0.6) is 17.2 Å². The minimum absolute atomic E-state index is 0.187. The standard InChI is InChI=1S/C21H27NO4/c1-3-4-5-15-26-20-18(7-6-8-19(20)25-2)21(24)22-14-13-16-9-11-17(23)12-10-16/h6-12,23H,3-5,13-15H2,1-2H3,(H,22,24). The molecule has 0 heterocycles. The monoisotopic (exact) mass is 357 g/mol. The molecule has 140 valence electrons. The third-order valence-electron chi connectivity index (χ3n) is 4.07. The van der Waals surface area contributed by atoms with Crippen molar-refractivity contribution in [1.29, 1.82) is 0 Å². The lowest BCUT2D eigenvalue weighted by Crippen LogP contribution is -2.26. The number of benzene rings is 2. The Kier molecular flexibility index (Phi) is 7.80. The molecule has 2 rings (SSSR count). The van der Waals surface area contributed by atoms with Crippen molar-refractivity contribution in [3.63, 3.8) is 0 Å². The first-order valence-electron chi connectivity index (χ1n) is 9.01. The predicted molar refractivity (Wildman–Crippen MR) is 102 cm³/mol. The first kappa shape index (κ1) is 19.6. The van der Waals surface area contributed by atoms with Crippen LogP contribution in [0.25, 0.3) is 0 Å². The van der Waals surface area contributed by atoms with E-state index < -0.39 is 0 Å². The molecule has 0 unspecified atom stereocenters. The fourth-order valence-electron chi connectivity index (χ4n) is 2.61. The molecule has 0 radical (unpaired) electrons. The summed E-state index contributed by atoms with van der Waals surface area (Å²) in [6.07, 6.45) is 3.82. The average Bonchev–Trinajstić information content (AvgIpc) is 2.66. The normalized spacial score (nSPS) is 10.4. The predicted octanol–water partition coefficient (Wildman–Crippen LogP) is 3.94. The Labute approximate surface area is 155 Å². The minimum Gasteiger partial charge on any atom is -0.508 e. The van der Waals surface area contributed by atoms with Gasteiger partial charge in [-0.2, -0.15) is 0 Å². The third kappa shape index (κ3) is 5.69. The molecule has 0 aliphatic carbocycles. The number of nitrogens with one attached hydrogen (secondary N) is 1. The molecule has 5 heteroatoms. The van der Waals surface area contributed by atoms with E-state index in [2.05, 4.69) is 12.2 Å². The molecular formula is C21H27NO4. The lowest BCUT2D eigenvalue weighted by Gasteiger charge is -2.15. The van der Waals surface area contributed by atoms with E-state index in [0.717, 1.165) is 24.8 Å². The van der Waals surface area contributed by atoms with Gasteiger partial charge in [-0.15, -0.1) is 0 Å². The van der Waals surface area contributed by atoms with Crippen LogP contribution < -0.4 is 14.8 Å². The molecule has 0 bridgehead atoms. The lowest BCUT2D eigenvalue weighted by molar-refractivity contribution is 0.0949. The number of aromatic hydroxyl groups is 1. The maximum atomic E-state index is 12.6. The SMILES string of the molecule is CCCCCOc1c(OC)cccc1C(=O)NCCc1ccc(O)cc1. The van der Waals surface area contributed by atoms with Gasteiger partial charge in [0, 0.05) is 6.54 Å². The number of phenols is 1. The maximum Gasteiger partial charge on any atom is 0.255 e. The van der Waals surface area contributed by atoms with E-state index in [4.69, 9.17) is 9.47 Å². The topological polar surface area (TPSA) is 67.8 Å². The molecule has 2 aromatic rings. The molecule has 26 heavy (non-hydrogen) atoms. The summed E-state index contributed by atoms with van der Waals surface area (Å²) in [6, 6.07) is 12.3. The summed E-state index contributed by atoms with van der Waals surface area (Å²) < 4.78 is 11.2. The van der Waals surface area contributed by atoms with Crippen molar-refractivity contribution in [1.82, 2.24) is 5.32 Å². The second kappa shape index (κ2) is 10.3. The minimum atomic E-state index is -0.187. The van der Waals surface area contributed by atoms with Crippen LogP contribution in [-0.4, -0.2) is 31.3 Å². The molecule has 0 aliphatic heterocycles. The molecule has 5 nitrogen and oxygen atoms in total. The fraction of sp³-hybridized carbons (Fsp3) is 0.381. The van der Waals surface area contributed by atoms with Crippen molar-refractivity contribution < 1.29 is 19.4 Å². The fourth-order valence-corrected chi connectivity index (χ4v) is 2.61. The van der Waals surface area contributed by atoms with Crippen molar-refractivity contribution in [3.8, 4) is 17.2 Å². The number of carbonyl (C=O) groups is 1. The van der Waals surface area contributed by atoms with Gasteiger partial charge < -0.3 is 19.9 Å². The first-order chi connectivity index (χ1) is 12.7. The van der Waals surface area contributed by atoms with Gasteiger partial charge in [0.2, 0.25) is 0 Å². The highest BCUT2D eigenvalue weighted by Crippen LogP contribution is 2.31. The highest BCUT2D eigenvalue weighted by molar-refractivity contribution is 5.97. The Morgan fingerprint density at radius 2 is 1.88 bits per heavy atom. The number of phenolic OH excluding ortho intramolecular Hbond substituents is 1. The maximum absolute atomic E-state index is 12.6. The van der Waals surface area contributed by atoms with E-state index in [9.17, 15) is 9.90 Å². The Hall–Kier alpha value is -2.69. The molecule has 2 N–H and O–H groups in total. The van der Waals surface area contributed by atoms with E-state index in [1.807, 2.05) is 12.1 Å². The first-order valence-corrected chi connectivity index (χ1v) is 9.01. The molecular weight excluding hydrogens is 330 g/mol. The van der Waals surface area contributed by atoms with Gasteiger partial charge in [-0.3, -0.25) is 4.79 Å². The zero-order valence-corrected chi connectivity index (χ0v) is 15.5. The third-order valence-corrected chi connectivity index (χ3v) is 4.07. The summed E-state index contributed by atoms with van der Waals surface area (Å²) in [5.74, 6) is 1.10. The lowest BCUT2D eigenvalue weighted by atomic mass is 10.1. The quantitative estimate of drug-likeness (QED) is 0.632. The Balaban J connectivity index is 1.98. The van der Waals surface area contributed by atoms with Crippen molar-refractivity contribution in [2.75, 3.05) is 20.3 Å². The van der Waals surface area contributed by atoms with Crippen LogP contribution in [0.1, 0.15) is 42.1 Å². The van der Waals surface area contributed by atoms with Gasteiger partial charge in [-0.05, 0) is 42.7 Å². The average molecular weight is 357 g/mol. The van der Waals surface area contributed by atoms with E-state index in [1.54, 1.807) is 37.4 Å². The van der Waals surface area contributed by atoms with Crippen LogP contribution in [0, 0.1) is 0 Å². The number of hydrogen-bond acceptors (Lipinski definition) is 4. The largest absolute Gasteiger partial charge is 0.508 e. The van der Waals surface area contributed by atoms with Gasteiger partial charge in [0.25, 0.3) is 5.91 Å². The number of amides is 1. The van der Waals surface area contributed by atoms with Gasteiger partial charge in [0.1, 0.15) is 5.75 Å². The zero-order valence-electron chi connectivity index (χ0n) is 15.5. The zero-order chi connectivity index (χ0) is 18.8. The second-order valence-corrected chi connectivity index (χ2v) is 6.06. The number of ether oxygens (including phenoxy) is 2. The van der Waals surface area contributed by atoms with Gasteiger partial charge in [0.15, 0.2) is 11.5 Å². The summed E-state index contributed by atoms with van der Waals surface area (Å²) in [5.41, 5.74) is 1.52. The van der Waals surface area contributed by atoms with Crippen LogP contribution in [0.15, 0.2) is 42.5 Å². The van der Waals surface area contributed by atoms with Crippen LogP contribution in [-0.2, 0) is 6.42 Å². The molecule has 2 aromatic carbocycles. The molecule has 0 spiro atoms. The molecule has 0 fully saturated rings. The summed E-state index contributed by atoms with van der Waals surface area (Å²) in [7, 11) is 1.57. The van der Waals surface area contributed by atoms with E-state index >= 15 is 0 Å². The van der Waals surface area contributed by atoms with Gasteiger partial charge >= 0.3 is 0 Å². The van der Waals surface area contributed by atoms with E-state index in [-0.39, 0.29) is 11.7 Å². The van der Waals surface area contributed by atoms with Gasteiger partial charge in [0.05, 0.1) is 19.3 Å². The van der Waals surface area contributed by atoms with Crippen molar-refractivity contribution in [2.45, 2.75) is 32.6 Å². The summed E-state index contributed by atoms with van der Waals surface area (Å²) >= 11 is 0. The van der Waals surface area contributed by atoms with Gasteiger partial charge in [-0.25, -0.2) is 0 Å². The van der Waals surface area contributed by atoms with Crippen molar-refractivity contribution in [3.05, 3.63) is 53.6 Å². The van der Waals surface area contributed by atoms with E-state index in [0.29, 0.717) is 36.6 Å². The molecule has 0 aliphatic rings. The smallest absolute Gasteiger partial charge is 0.255 e. The number of unbranched alkanes of at least 4 members (excludes halogenated alkanes) is 2. The number of carbonyl (C=O) groups excluding carboxylic acids is 1. The number of methoxy groups -OCH3 is 1. The number of para-hydroxylation sites is 1. The molecule has 0 saturated carbocycles. The van der Waals surface area contributed by atoms with Crippen LogP contribution >= 0.6 is 0 Å². The molecule has 0 saturated heterocycles. The Bertz CT molecular complexity index is 698. The Morgan fingerprint density at radius 1 is 1.12 bits per heavy atom. The molecule has 1 amide bonds. The molecule has 0 aromatic heterocycles. The Morgan fingerprint density at radius 3 is 2.58 bits per heavy atom. The summed E-state index contributed by atoms with van der Waals surface area (Å²) in [4.78, 5) is 12.6. The van der Waals surface area contributed by atoms with Gasteiger partial charge in [-0.1, -0.05) is 38.0 Å². The summed E-state index contributed by atoms with van der Waals surface area (Å²) in [5, 5.41) is 12.2.